The molecule has 1 aliphatic heterocycles. The number of nitrogens with zero attached hydrogens (tertiary/aromatic N) is 2. The highest BCUT2D eigenvalue weighted by Gasteiger charge is 2.32. The Morgan fingerprint density at radius 1 is 1.65 bits per heavy atom. The topological polar surface area (TPSA) is 75.8 Å². The molecule has 2 unspecified atom stereocenters. The molecular weight excluding hydrogens is 280 g/mol. The van der Waals surface area contributed by atoms with Crippen LogP contribution in [0.4, 0.5) is 10.7 Å². The van der Waals surface area contributed by atoms with E-state index in [-0.39, 0.29) is 16.7 Å². The molecule has 1 N–H and O–H groups in total. The van der Waals surface area contributed by atoms with Gasteiger partial charge in [-0.05, 0) is 19.3 Å². The molecule has 1 fully saturated rings. The third kappa shape index (κ3) is 2.94. The molecule has 2 heterocycles. The van der Waals surface area contributed by atoms with E-state index in [1.165, 1.54) is 17.4 Å². The number of thiophene rings is 1. The van der Waals surface area contributed by atoms with Crippen molar-refractivity contribution in [3.05, 3.63) is 21.1 Å². The van der Waals surface area contributed by atoms with Gasteiger partial charge in [0.25, 0.3) is 0 Å². The second kappa shape index (κ2) is 6.07. The van der Waals surface area contributed by atoms with E-state index in [1.54, 1.807) is 14.0 Å². The molecule has 0 bridgehead atoms. The van der Waals surface area contributed by atoms with E-state index in [1.807, 2.05) is 4.90 Å². The molecule has 20 heavy (non-hydrogen) atoms. The molecule has 3 atom stereocenters. The summed E-state index contributed by atoms with van der Waals surface area (Å²) >= 11 is 1.29. The Bertz CT molecular complexity index is 489. The number of rotatable bonds is 4. The van der Waals surface area contributed by atoms with Gasteiger partial charge in [-0.1, -0.05) is 6.92 Å². The maximum Gasteiger partial charge on any atom is 0.304 e. The normalized spacial score (nSPS) is 24.7. The van der Waals surface area contributed by atoms with Crippen LogP contribution in [0.25, 0.3) is 0 Å². The summed E-state index contributed by atoms with van der Waals surface area (Å²) in [5, 5.41) is 21.4. The van der Waals surface area contributed by atoms with E-state index in [4.69, 9.17) is 4.74 Å². The Balaban J connectivity index is 2.29. The fourth-order valence-corrected chi connectivity index (χ4v) is 3.58. The molecule has 112 valence electrons. The number of aliphatic hydroxyl groups excluding tert-OH is 1. The van der Waals surface area contributed by atoms with Gasteiger partial charge in [0, 0.05) is 31.1 Å². The third-order valence-corrected chi connectivity index (χ3v) is 5.16. The summed E-state index contributed by atoms with van der Waals surface area (Å²) in [4.78, 5) is 13.4. The number of anilines is 1. The van der Waals surface area contributed by atoms with Crippen LogP contribution in [0.1, 0.15) is 31.2 Å². The van der Waals surface area contributed by atoms with Crippen molar-refractivity contribution in [2.45, 2.75) is 32.5 Å². The van der Waals surface area contributed by atoms with Gasteiger partial charge >= 0.3 is 5.69 Å². The number of ether oxygens (including phenoxy) is 1. The predicted molar refractivity (Wildman–Crippen MR) is 78.4 cm³/mol. The zero-order chi connectivity index (χ0) is 14.9. The van der Waals surface area contributed by atoms with Crippen LogP contribution in [-0.4, -0.2) is 36.3 Å². The summed E-state index contributed by atoms with van der Waals surface area (Å²) in [5.41, 5.74) is 0.0790. The second-order valence-corrected chi connectivity index (χ2v) is 6.32. The van der Waals surface area contributed by atoms with E-state index in [0.29, 0.717) is 22.3 Å². The van der Waals surface area contributed by atoms with Crippen LogP contribution in [0.5, 0.6) is 0 Å². The first-order chi connectivity index (χ1) is 9.43. The average Bonchev–Trinajstić information content (AvgIpc) is 2.84. The average molecular weight is 300 g/mol. The van der Waals surface area contributed by atoms with Crippen LogP contribution in [0.2, 0.25) is 0 Å². The summed E-state index contributed by atoms with van der Waals surface area (Å²) in [5.74, 6) is 0.450. The Labute approximate surface area is 122 Å². The highest BCUT2D eigenvalue weighted by atomic mass is 32.1. The van der Waals surface area contributed by atoms with Gasteiger partial charge < -0.3 is 14.7 Å². The van der Waals surface area contributed by atoms with Crippen molar-refractivity contribution in [2.75, 3.05) is 25.1 Å². The molecule has 1 aliphatic rings. The molecule has 0 aliphatic carbocycles. The maximum absolute atomic E-state index is 11.2. The minimum absolute atomic E-state index is 0.0790. The highest BCUT2D eigenvalue weighted by molar-refractivity contribution is 7.16. The first-order valence-corrected chi connectivity index (χ1v) is 7.49. The lowest BCUT2D eigenvalue weighted by molar-refractivity contribution is -0.383. The van der Waals surface area contributed by atoms with Crippen molar-refractivity contribution in [1.29, 1.82) is 0 Å². The van der Waals surface area contributed by atoms with Crippen molar-refractivity contribution >= 4 is 22.0 Å². The molecule has 1 aromatic heterocycles. The number of aliphatic hydroxyl groups is 1. The van der Waals surface area contributed by atoms with Crippen LogP contribution in [0.3, 0.4) is 0 Å². The standard InChI is InChI=1S/C13H20N2O4S/c1-8-4-5-14(7-11(8)19-3)13-10(15(17)18)6-12(20-13)9(2)16/h6,8-9,11,16H,4-5,7H2,1-3H3/t8?,9-,11?/m0/s1. The van der Waals surface area contributed by atoms with Gasteiger partial charge in [0.2, 0.25) is 0 Å². The summed E-state index contributed by atoms with van der Waals surface area (Å²) < 4.78 is 5.45. The third-order valence-electron chi connectivity index (χ3n) is 3.80. The lowest BCUT2D eigenvalue weighted by atomic mass is 9.96. The van der Waals surface area contributed by atoms with E-state index in [2.05, 4.69) is 6.92 Å². The van der Waals surface area contributed by atoms with E-state index in [9.17, 15) is 15.2 Å². The summed E-state index contributed by atoms with van der Waals surface area (Å²) in [6.45, 7) is 5.19. The second-order valence-electron chi connectivity index (χ2n) is 5.26. The minimum Gasteiger partial charge on any atom is -0.388 e. The van der Waals surface area contributed by atoms with Gasteiger partial charge in [-0.2, -0.15) is 0 Å². The van der Waals surface area contributed by atoms with Crippen LogP contribution in [0.15, 0.2) is 6.07 Å². The molecule has 0 amide bonds. The fourth-order valence-electron chi connectivity index (χ4n) is 2.48. The smallest absolute Gasteiger partial charge is 0.304 e. The van der Waals surface area contributed by atoms with Crippen molar-refractivity contribution in [2.24, 2.45) is 5.92 Å². The Hall–Kier alpha value is -1.18. The van der Waals surface area contributed by atoms with Crippen molar-refractivity contribution < 1.29 is 14.8 Å². The molecule has 0 aromatic carbocycles. The largest absolute Gasteiger partial charge is 0.388 e. The molecule has 0 radical (unpaired) electrons. The zero-order valence-corrected chi connectivity index (χ0v) is 12.7. The molecule has 1 aromatic rings. The summed E-state index contributed by atoms with van der Waals surface area (Å²) in [6.07, 6.45) is 0.340. The molecule has 7 heteroatoms. The molecule has 6 nitrogen and oxygen atoms in total. The first kappa shape index (κ1) is 15.2. The van der Waals surface area contributed by atoms with Crippen molar-refractivity contribution in [3.8, 4) is 0 Å². The van der Waals surface area contributed by atoms with Crippen LogP contribution >= 0.6 is 11.3 Å². The molecule has 0 spiro atoms. The Morgan fingerprint density at radius 2 is 2.35 bits per heavy atom. The van der Waals surface area contributed by atoms with Crippen LogP contribution < -0.4 is 4.90 Å². The number of hydrogen-bond donors (Lipinski definition) is 1. The van der Waals surface area contributed by atoms with Gasteiger partial charge in [-0.15, -0.1) is 11.3 Å². The number of hydrogen-bond acceptors (Lipinski definition) is 6. The van der Waals surface area contributed by atoms with Gasteiger partial charge in [0.1, 0.15) is 0 Å². The van der Waals surface area contributed by atoms with Crippen molar-refractivity contribution in [1.82, 2.24) is 0 Å². The molecule has 1 saturated heterocycles. The van der Waals surface area contributed by atoms with Crippen LogP contribution in [0, 0.1) is 16.0 Å². The minimum atomic E-state index is -0.686. The molecule has 0 saturated carbocycles. The first-order valence-electron chi connectivity index (χ1n) is 6.68. The lowest BCUT2D eigenvalue weighted by Crippen LogP contribution is -2.43. The molecular formula is C13H20N2O4S. The van der Waals surface area contributed by atoms with Gasteiger partial charge in [-0.3, -0.25) is 10.1 Å². The summed E-state index contributed by atoms with van der Waals surface area (Å²) in [6, 6.07) is 1.48. The molecule has 2 rings (SSSR count). The zero-order valence-electron chi connectivity index (χ0n) is 11.9. The Kier molecular flexibility index (Phi) is 4.62. The lowest BCUT2D eigenvalue weighted by Gasteiger charge is -2.36. The van der Waals surface area contributed by atoms with E-state index in [0.717, 1.165) is 13.0 Å². The summed E-state index contributed by atoms with van der Waals surface area (Å²) in [7, 11) is 1.68. The number of nitro groups is 1. The van der Waals surface area contributed by atoms with Crippen LogP contribution in [-0.2, 0) is 4.74 Å². The monoisotopic (exact) mass is 300 g/mol. The fraction of sp³-hybridized carbons (Fsp3) is 0.692. The number of methoxy groups -OCH3 is 1. The van der Waals surface area contributed by atoms with Gasteiger partial charge in [0.15, 0.2) is 5.00 Å². The maximum atomic E-state index is 11.2. The van der Waals surface area contributed by atoms with E-state index < -0.39 is 6.10 Å². The quantitative estimate of drug-likeness (QED) is 0.683. The van der Waals surface area contributed by atoms with E-state index >= 15 is 0 Å². The predicted octanol–water partition coefficient (Wildman–Crippen LogP) is 2.57. The number of piperidine rings is 1. The van der Waals surface area contributed by atoms with Gasteiger partial charge in [0.05, 0.1) is 17.1 Å². The van der Waals surface area contributed by atoms with Crippen molar-refractivity contribution in [3.63, 3.8) is 0 Å². The highest BCUT2D eigenvalue weighted by Crippen LogP contribution is 2.41. The SMILES string of the molecule is COC1CN(c2sc([C@H](C)O)cc2[N+](=O)[O-])CCC1C. The Morgan fingerprint density at radius 3 is 2.90 bits per heavy atom. The van der Waals surface area contributed by atoms with Gasteiger partial charge in [-0.25, -0.2) is 0 Å².